The van der Waals surface area contributed by atoms with Gasteiger partial charge in [-0.2, -0.15) is 0 Å². The molecule has 2 aliphatic heterocycles. The average molecular weight is 338 g/mol. The summed E-state index contributed by atoms with van der Waals surface area (Å²) in [6.45, 7) is 4.77. The minimum atomic E-state index is 0. The van der Waals surface area contributed by atoms with E-state index in [0.717, 1.165) is 52.0 Å². The summed E-state index contributed by atoms with van der Waals surface area (Å²) in [6, 6.07) is 10.6. The molecule has 1 aromatic rings. The van der Waals surface area contributed by atoms with Gasteiger partial charge in [0.2, 0.25) is 0 Å². The van der Waals surface area contributed by atoms with E-state index >= 15 is 0 Å². The molecule has 0 bridgehead atoms. The Labute approximate surface area is 145 Å². The molecule has 1 atom stereocenters. The van der Waals surface area contributed by atoms with Gasteiger partial charge in [0, 0.05) is 31.6 Å². The number of aryl methyl sites for hydroxylation is 1. The van der Waals surface area contributed by atoms with Crippen LogP contribution >= 0.6 is 12.4 Å². The molecular weight excluding hydrogens is 310 g/mol. The van der Waals surface area contributed by atoms with E-state index in [2.05, 4.69) is 34.9 Å². The van der Waals surface area contributed by atoms with Gasteiger partial charge in [0.25, 0.3) is 0 Å². The monoisotopic (exact) mass is 337 g/mol. The number of likely N-dealkylation sites (tertiary alicyclic amines) is 1. The maximum Gasteiger partial charge on any atom is 0.317 e. The molecule has 0 radical (unpaired) electrons. The van der Waals surface area contributed by atoms with Crippen molar-refractivity contribution in [1.29, 1.82) is 0 Å². The first-order valence-corrected chi connectivity index (χ1v) is 8.55. The number of hydrogen-bond donors (Lipinski definition) is 2. The highest BCUT2D eigenvalue weighted by Crippen LogP contribution is 2.35. The van der Waals surface area contributed by atoms with Crippen molar-refractivity contribution in [3.8, 4) is 0 Å². The molecule has 23 heavy (non-hydrogen) atoms. The lowest BCUT2D eigenvalue weighted by Crippen LogP contribution is -2.50. The van der Waals surface area contributed by atoms with Crippen LogP contribution < -0.4 is 10.6 Å². The number of carbonyl (C=O) groups excluding carboxylic acids is 1. The average Bonchev–Trinajstić information content (AvgIpc) is 3.00. The number of hydrogen-bond acceptors (Lipinski definition) is 2. The predicted molar refractivity (Wildman–Crippen MR) is 96.1 cm³/mol. The fraction of sp³-hybridized carbons (Fsp3) is 0.611. The highest BCUT2D eigenvalue weighted by molar-refractivity contribution is 5.85. The largest absolute Gasteiger partial charge is 0.338 e. The standard InChI is InChI=1S/C18H27N3O.ClH/c22-17(20-11-4-8-16-6-2-1-3-7-16)21-13-5-9-18(15-21)10-12-19-14-18;/h1-3,6-7,19H,4-5,8-15H2,(H,20,22);1H. The highest BCUT2D eigenvalue weighted by atomic mass is 35.5. The molecule has 2 saturated heterocycles. The molecule has 0 aliphatic carbocycles. The minimum absolute atomic E-state index is 0. The summed E-state index contributed by atoms with van der Waals surface area (Å²) < 4.78 is 0. The molecule has 1 spiro atoms. The fourth-order valence-electron chi connectivity index (χ4n) is 3.77. The topological polar surface area (TPSA) is 44.4 Å². The molecule has 2 heterocycles. The second kappa shape index (κ2) is 8.55. The molecule has 4 nitrogen and oxygen atoms in total. The van der Waals surface area contributed by atoms with Gasteiger partial charge in [-0.1, -0.05) is 30.3 Å². The van der Waals surface area contributed by atoms with Crippen LogP contribution in [0.2, 0.25) is 0 Å². The smallest absolute Gasteiger partial charge is 0.317 e. The van der Waals surface area contributed by atoms with E-state index in [-0.39, 0.29) is 18.4 Å². The number of nitrogens with zero attached hydrogens (tertiary/aromatic N) is 1. The lowest BCUT2D eigenvalue weighted by atomic mass is 9.79. The van der Waals surface area contributed by atoms with Crippen LogP contribution in [-0.2, 0) is 6.42 Å². The van der Waals surface area contributed by atoms with Crippen LogP contribution in [0.15, 0.2) is 30.3 Å². The summed E-state index contributed by atoms with van der Waals surface area (Å²) in [7, 11) is 0. The molecule has 0 saturated carbocycles. The van der Waals surface area contributed by atoms with Gasteiger partial charge in [-0.15, -0.1) is 12.4 Å². The van der Waals surface area contributed by atoms with Gasteiger partial charge in [-0.05, 0) is 44.2 Å². The first-order valence-electron chi connectivity index (χ1n) is 8.55. The van der Waals surface area contributed by atoms with E-state index in [9.17, 15) is 4.79 Å². The molecule has 2 fully saturated rings. The number of piperidine rings is 1. The molecule has 128 valence electrons. The summed E-state index contributed by atoms with van der Waals surface area (Å²) in [5.74, 6) is 0. The zero-order valence-corrected chi connectivity index (χ0v) is 14.5. The lowest BCUT2D eigenvalue weighted by molar-refractivity contribution is 0.118. The van der Waals surface area contributed by atoms with Crippen LogP contribution in [0.25, 0.3) is 0 Å². The van der Waals surface area contributed by atoms with E-state index < -0.39 is 0 Å². The van der Waals surface area contributed by atoms with Crippen LogP contribution in [0.5, 0.6) is 0 Å². The molecule has 2 aliphatic rings. The third kappa shape index (κ3) is 4.85. The normalized spacial score (nSPS) is 23.6. The Bertz CT molecular complexity index is 488. The van der Waals surface area contributed by atoms with Gasteiger partial charge in [0.1, 0.15) is 0 Å². The van der Waals surface area contributed by atoms with Gasteiger partial charge < -0.3 is 15.5 Å². The number of carbonyl (C=O) groups is 1. The van der Waals surface area contributed by atoms with Crippen molar-refractivity contribution < 1.29 is 4.79 Å². The number of urea groups is 1. The molecule has 1 aromatic carbocycles. The Morgan fingerprint density at radius 1 is 1.26 bits per heavy atom. The first-order chi connectivity index (χ1) is 10.8. The molecule has 0 aromatic heterocycles. The Balaban J connectivity index is 0.00000192. The summed E-state index contributed by atoms with van der Waals surface area (Å²) >= 11 is 0. The zero-order chi connectivity index (χ0) is 15.3. The van der Waals surface area contributed by atoms with Gasteiger partial charge in [0.15, 0.2) is 0 Å². The van der Waals surface area contributed by atoms with Crippen molar-refractivity contribution >= 4 is 18.4 Å². The van der Waals surface area contributed by atoms with Gasteiger partial charge in [0.05, 0.1) is 0 Å². The first kappa shape index (κ1) is 18.1. The number of nitrogens with one attached hydrogen (secondary N) is 2. The van der Waals surface area contributed by atoms with Gasteiger partial charge in [-0.25, -0.2) is 4.79 Å². The van der Waals surface area contributed by atoms with E-state index in [1.165, 1.54) is 18.4 Å². The molecule has 5 heteroatoms. The highest BCUT2D eigenvalue weighted by Gasteiger charge is 2.39. The summed E-state index contributed by atoms with van der Waals surface area (Å²) in [5.41, 5.74) is 1.69. The van der Waals surface area contributed by atoms with Crippen molar-refractivity contribution in [2.24, 2.45) is 5.41 Å². The summed E-state index contributed by atoms with van der Waals surface area (Å²) in [5, 5.41) is 6.55. The van der Waals surface area contributed by atoms with Crippen molar-refractivity contribution in [3.05, 3.63) is 35.9 Å². The summed E-state index contributed by atoms with van der Waals surface area (Å²) in [6.07, 6.45) is 5.63. The second-order valence-electron chi connectivity index (χ2n) is 6.77. The van der Waals surface area contributed by atoms with Crippen molar-refractivity contribution in [1.82, 2.24) is 15.5 Å². The number of amides is 2. The predicted octanol–water partition coefficient (Wildman–Crippen LogP) is 2.83. The Morgan fingerprint density at radius 3 is 2.83 bits per heavy atom. The molecular formula is C18H28ClN3O. The van der Waals surface area contributed by atoms with E-state index in [4.69, 9.17) is 0 Å². The summed E-state index contributed by atoms with van der Waals surface area (Å²) in [4.78, 5) is 14.4. The van der Waals surface area contributed by atoms with Crippen LogP contribution in [0.3, 0.4) is 0 Å². The fourth-order valence-corrected chi connectivity index (χ4v) is 3.77. The minimum Gasteiger partial charge on any atom is -0.338 e. The molecule has 2 N–H and O–H groups in total. The van der Waals surface area contributed by atoms with Gasteiger partial charge >= 0.3 is 6.03 Å². The number of rotatable bonds is 4. The van der Waals surface area contributed by atoms with Crippen LogP contribution in [0.4, 0.5) is 4.79 Å². The zero-order valence-electron chi connectivity index (χ0n) is 13.7. The van der Waals surface area contributed by atoms with Gasteiger partial charge in [-0.3, -0.25) is 0 Å². The van der Waals surface area contributed by atoms with E-state index in [1.807, 2.05) is 11.0 Å². The molecule has 3 rings (SSSR count). The number of halogens is 1. The Hall–Kier alpha value is -1.26. The maximum absolute atomic E-state index is 12.3. The Morgan fingerprint density at radius 2 is 2.09 bits per heavy atom. The molecule has 1 unspecified atom stereocenters. The third-order valence-electron chi connectivity index (χ3n) is 5.04. The second-order valence-corrected chi connectivity index (χ2v) is 6.77. The Kier molecular flexibility index (Phi) is 6.72. The van der Waals surface area contributed by atoms with Crippen molar-refractivity contribution in [2.45, 2.75) is 32.1 Å². The van der Waals surface area contributed by atoms with Crippen LogP contribution in [0, 0.1) is 5.41 Å². The SMILES string of the molecule is Cl.O=C(NCCCc1ccccc1)N1CCCC2(CCNC2)C1. The van der Waals surface area contributed by atoms with E-state index in [0.29, 0.717) is 5.41 Å². The van der Waals surface area contributed by atoms with Crippen molar-refractivity contribution in [3.63, 3.8) is 0 Å². The quantitative estimate of drug-likeness (QED) is 0.830. The number of benzene rings is 1. The van der Waals surface area contributed by atoms with E-state index in [1.54, 1.807) is 0 Å². The lowest BCUT2D eigenvalue weighted by Gasteiger charge is -2.39. The van der Waals surface area contributed by atoms with Crippen molar-refractivity contribution in [2.75, 3.05) is 32.7 Å². The third-order valence-corrected chi connectivity index (χ3v) is 5.04. The maximum atomic E-state index is 12.3. The van der Waals surface area contributed by atoms with Crippen LogP contribution in [-0.4, -0.2) is 43.7 Å². The van der Waals surface area contributed by atoms with Crippen LogP contribution in [0.1, 0.15) is 31.2 Å². The molecule has 2 amide bonds.